The Hall–Kier alpha value is -3.67. The third-order valence-corrected chi connectivity index (χ3v) is 7.95. The number of benzene rings is 1. The van der Waals surface area contributed by atoms with Crippen LogP contribution in [0.25, 0.3) is 10.9 Å². The molecule has 2 aliphatic heterocycles. The second-order valence-corrected chi connectivity index (χ2v) is 10.2. The van der Waals surface area contributed by atoms with Gasteiger partial charge in [-0.1, -0.05) is 19.9 Å². The van der Waals surface area contributed by atoms with Gasteiger partial charge in [-0.2, -0.15) is 5.26 Å². The molecule has 0 unspecified atom stereocenters. The Morgan fingerprint density at radius 1 is 1.38 bits per heavy atom. The molecule has 9 heteroatoms. The molecule has 3 fully saturated rings. The number of aldehydes is 1. The van der Waals surface area contributed by atoms with Crippen molar-refractivity contribution < 1.29 is 19.2 Å². The average Bonchev–Trinajstić information content (AvgIpc) is 3.33. The monoisotopic (exact) mass is 461 g/mol. The minimum Gasteiger partial charge on any atom is -0.356 e. The zero-order chi connectivity index (χ0) is 24.2. The molecule has 9 nitrogen and oxygen atoms in total. The molecule has 5 atom stereocenters. The third-order valence-electron chi connectivity index (χ3n) is 7.95. The predicted molar refractivity (Wildman–Crippen MR) is 122 cm³/mol. The van der Waals surface area contributed by atoms with Crippen LogP contribution < -0.4 is 10.6 Å². The average molecular weight is 462 g/mol. The van der Waals surface area contributed by atoms with E-state index in [0.717, 1.165) is 0 Å². The highest BCUT2D eigenvalue weighted by atomic mass is 16.2. The summed E-state index contributed by atoms with van der Waals surface area (Å²) in [6.45, 7) is 5.20. The molecule has 1 aliphatic carbocycles. The van der Waals surface area contributed by atoms with Gasteiger partial charge in [0.05, 0.1) is 17.7 Å². The van der Waals surface area contributed by atoms with Crippen LogP contribution in [0.15, 0.2) is 24.3 Å². The summed E-state index contributed by atoms with van der Waals surface area (Å²) in [7, 11) is 0. The molecule has 0 bridgehead atoms. The summed E-state index contributed by atoms with van der Waals surface area (Å²) in [5, 5.41) is 15.6. The summed E-state index contributed by atoms with van der Waals surface area (Å²) in [5.74, 6) is -0.878. The molecular formula is C25H27N5O4. The Kier molecular flexibility index (Phi) is 5.19. The van der Waals surface area contributed by atoms with Crippen LogP contribution in [-0.2, 0) is 14.4 Å². The van der Waals surface area contributed by atoms with Crippen LogP contribution in [0.2, 0.25) is 0 Å². The molecule has 0 radical (unpaired) electrons. The van der Waals surface area contributed by atoms with E-state index >= 15 is 0 Å². The highest BCUT2D eigenvalue weighted by Gasteiger charge is 2.69. The van der Waals surface area contributed by atoms with Crippen LogP contribution in [0.3, 0.4) is 0 Å². The summed E-state index contributed by atoms with van der Waals surface area (Å²) in [6.07, 6.45) is 1.55. The zero-order valence-corrected chi connectivity index (χ0v) is 19.1. The normalized spacial score (nSPS) is 27.6. The molecule has 1 saturated carbocycles. The first-order chi connectivity index (χ1) is 16.3. The molecule has 5 rings (SSSR count). The first-order valence-electron chi connectivity index (χ1n) is 11.6. The fourth-order valence-corrected chi connectivity index (χ4v) is 5.91. The van der Waals surface area contributed by atoms with E-state index in [0.29, 0.717) is 48.0 Å². The van der Waals surface area contributed by atoms with Crippen molar-refractivity contribution in [2.24, 2.45) is 23.2 Å². The third kappa shape index (κ3) is 3.45. The molecule has 3 N–H and O–H groups in total. The lowest BCUT2D eigenvalue weighted by atomic mass is 9.97. The van der Waals surface area contributed by atoms with Crippen LogP contribution in [0.4, 0.5) is 0 Å². The van der Waals surface area contributed by atoms with Crippen molar-refractivity contribution in [3.63, 3.8) is 0 Å². The molecule has 3 amide bonds. The Labute approximate surface area is 196 Å². The summed E-state index contributed by atoms with van der Waals surface area (Å²) in [5.41, 5.74) is 1.40. The lowest BCUT2D eigenvalue weighted by Crippen LogP contribution is -2.52. The molecular weight excluding hydrogens is 434 g/mol. The largest absolute Gasteiger partial charge is 0.356 e. The predicted octanol–water partition coefficient (Wildman–Crippen LogP) is 1.35. The SMILES string of the molecule is CC1(C)[C@@H]2[C@@H](C(=O)N[C@H](C=O)C[C@@H]3CCNC3=O)N(C(=O)c3cc4c(C#N)cccc4[nH]3)C[C@@H]21. The first-order valence-corrected chi connectivity index (χ1v) is 11.6. The lowest BCUT2D eigenvalue weighted by molar-refractivity contribution is -0.129. The van der Waals surface area contributed by atoms with Gasteiger partial charge in [0.15, 0.2) is 0 Å². The van der Waals surface area contributed by atoms with E-state index in [1.54, 1.807) is 29.2 Å². The number of hydrogen-bond acceptors (Lipinski definition) is 5. The molecule has 3 heterocycles. The van der Waals surface area contributed by atoms with Gasteiger partial charge in [-0.25, -0.2) is 0 Å². The number of aromatic nitrogens is 1. The van der Waals surface area contributed by atoms with Crippen LogP contribution in [0.1, 0.15) is 42.7 Å². The van der Waals surface area contributed by atoms with Crippen molar-refractivity contribution in [3.8, 4) is 6.07 Å². The van der Waals surface area contributed by atoms with Gasteiger partial charge < -0.3 is 25.3 Å². The molecule has 2 aromatic rings. The molecule has 3 aliphatic rings. The van der Waals surface area contributed by atoms with Gasteiger partial charge in [0.25, 0.3) is 5.91 Å². The Balaban J connectivity index is 1.38. The van der Waals surface area contributed by atoms with Gasteiger partial charge in [-0.3, -0.25) is 14.4 Å². The fraction of sp³-hybridized carbons (Fsp3) is 0.480. The van der Waals surface area contributed by atoms with E-state index in [2.05, 4.69) is 35.5 Å². The molecule has 34 heavy (non-hydrogen) atoms. The molecule has 1 aromatic heterocycles. The quantitative estimate of drug-likeness (QED) is 0.558. The highest BCUT2D eigenvalue weighted by Crippen LogP contribution is 2.65. The minimum absolute atomic E-state index is 0.00224. The molecule has 0 spiro atoms. The number of likely N-dealkylation sites (tertiary alicyclic amines) is 1. The smallest absolute Gasteiger partial charge is 0.271 e. The topological polar surface area (TPSA) is 135 Å². The Morgan fingerprint density at radius 3 is 2.85 bits per heavy atom. The number of carbonyl (C=O) groups excluding carboxylic acids is 4. The fourth-order valence-electron chi connectivity index (χ4n) is 5.91. The number of carbonyl (C=O) groups is 4. The van der Waals surface area contributed by atoms with E-state index in [1.165, 1.54) is 0 Å². The van der Waals surface area contributed by atoms with E-state index in [4.69, 9.17) is 0 Å². The Bertz CT molecular complexity index is 1240. The number of H-pyrrole nitrogens is 1. The number of nitriles is 1. The van der Waals surface area contributed by atoms with E-state index in [1.807, 2.05) is 0 Å². The Morgan fingerprint density at radius 2 is 2.18 bits per heavy atom. The molecule has 176 valence electrons. The number of fused-ring (bicyclic) bond motifs is 2. The number of nitrogens with one attached hydrogen (secondary N) is 3. The number of amides is 3. The van der Waals surface area contributed by atoms with Gasteiger partial charge in [0.2, 0.25) is 11.8 Å². The van der Waals surface area contributed by atoms with Crippen molar-refractivity contribution in [3.05, 3.63) is 35.5 Å². The van der Waals surface area contributed by atoms with Crippen molar-refractivity contribution in [1.29, 1.82) is 5.26 Å². The van der Waals surface area contributed by atoms with Gasteiger partial charge in [0, 0.05) is 29.9 Å². The second kappa shape index (κ2) is 7.97. The van der Waals surface area contributed by atoms with Gasteiger partial charge in [0.1, 0.15) is 18.0 Å². The summed E-state index contributed by atoms with van der Waals surface area (Å²) in [6, 6.07) is 7.55. The summed E-state index contributed by atoms with van der Waals surface area (Å²) < 4.78 is 0. The lowest BCUT2D eigenvalue weighted by Gasteiger charge is -2.30. The van der Waals surface area contributed by atoms with Gasteiger partial charge >= 0.3 is 0 Å². The van der Waals surface area contributed by atoms with Crippen molar-refractivity contribution in [2.75, 3.05) is 13.1 Å². The standard InChI is InChI=1S/C25H27N5O4/c1-25(2)17-11-30(24(34)19-9-16-14(10-26)4-3-5-18(16)29-19)21(20(17)25)23(33)28-15(12-31)8-13-6-7-27-22(13)32/h3-5,9,12-13,15,17,20-21,29H,6-8,11H2,1-2H3,(H,27,32)(H,28,33)/t13-,15-,17-,20-,21-/m0/s1. The zero-order valence-electron chi connectivity index (χ0n) is 19.1. The highest BCUT2D eigenvalue weighted by molar-refractivity contribution is 6.02. The number of rotatable bonds is 6. The van der Waals surface area contributed by atoms with Crippen LogP contribution in [0.5, 0.6) is 0 Å². The maximum Gasteiger partial charge on any atom is 0.271 e. The number of piperidine rings is 1. The minimum atomic E-state index is -0.787. The van der Waals surface area contributed by atoms with Crippen molar-refractivity contribution in [1.82, 2.24) is 20.5 Å². The maximum atomic E-state index is 13.5. The van der Waals surface area contributed by atoms with Crippen molar-refractivity contribution >= 4 is 34.9 Å². The molecule has 2 saturated heterocycles. The van der Waals surface area contributed by atoms with Crippen molar-refractivity contribution in [2.45, 2.75) is 38.8 Å². The van der Waals surface area contributed by atoms with E-state index in [9.17, 15) is 24.4 Å². The van der Waals surface area contributed by atoms with Crippen LogP contribution >= 0.6 is 0 Å². The summed E-state index contributed by atoms with van der Waals surface area (Å²) >= 11 is 0. The maximum absolute atomic E-state index is 13.5. The van der Waals surface area contributed by atoms with Crippen LogP contribution in [0, 0.1) is 34.5 Å². The second-order valence-electron chi connectivity index (χ2n) is 10.2. The number of nitrogens with zero attached hydrogens (tertiary/aromatic N) is 2. The number of aromatic amines is 1. The first kappa shape index (κ1) is 22.1. The summed E-state index contributed by atoms with van der Waals surface area (Å²) in [4.78, 5) is 55.2. The van der Waals surface area contributed by atoms with E-state index in [-0.39, 0.29) is 47.3 Å². The number of hydrogen-bond donors (Lipinski definition) is 3. The van der Waals surface area contributed by atoms with Gasteiger partial charge in [-0.15, -0.1) is 0 Å². The van der Waals surface area contributed by atoms with E-state index < -0.39 is 12.1 Å². The van der Waals surface area contributed by atoms with Crippen LogP contribution in [-0.4, -0.2) is 59.1 Å². The molecule has 1 aromatic carbocycles. The van der Waals surface area contributed by atoms with Gasteiger partial charge in [-0.05, 0) is 48.3 Å².